The highest BCUT2D eigenvalue weighted by molar-refractivity contribution is 5.81. The molecule has 0 aromatic carbocycles. The summed E-state index contributed by atoms with van der Waals surface area (Å²) < 4.78 is 0.719. The van der Waals surface area contributed by atoms with Gasteiger partial charge in [0.15, 0.2) is 0 Å². The summed E-state index contributed by atoms with van der Waals surface area (Å²) in [5.74, 6) is -1.16. The van der Waals surface area contributed by atoms with Crippen molar-refractivity contribution in [2.45, 2.75) is 19.3 Å². The van der Waals surface area contributed by atoms with E-state index < -0.39 is 5.97 Å². The summed E-state index contributed by atoms with van der Waals surface area (Å²) in [6.07, 6.45) is 0.384. The number of carbonyl (C=O) groups is 2. The Morgan fingerprint density at radius 1 is 1.08 bits per heavy atom. The molecule has 0 N–H and O–H groups in total. The molecule has 0 unspecified atom stereocenters. The largest absolute Gasteiger partial charge is 0.550 e. The molecule has 0 spiro atoms. The van der Waals surface area contributed by atoms with Crippen LogP contribution in [0.25, 0.3) is 0 Å². The van der Waals surface area contributed by atoms with Crippen LogP contribution in [0.2, 0.25) is 0 Å². The monoisotopic (exact) mass is 187 g/mol. The Morgan fingerprint density at radius 3 is 2.00 bits per heavy atom. The predicted octanol–water partition coefficient (Wildman–Crippen LogP) is -0.818. The third kappa shape index (κ3) is 9.01. The van der Waals surface area contributed by atoms with Crippen LogP contribution >= 0.6 is 0 Å². The lowest BCUT2D eigenvalue weighted by Gasteiger charge is -2.23. The maximum atomic E-state index is 11.1. The number of ketones is 1. The van der Waals surface area contributed by atoms with Gasteiger partial charge >= 0.3 is 0 Å². The lowest BCUT2D eigenvalue weighted by molar-refractivity contribution is -0.869. The third-order valence-corrected chi connectivity index (χ3v) is 1.67. The van der Waals surface area contributed by atoms with E-state index in [2.05, 4.69) is 0 Å². The zero-order chi connectivity index (χ0) is 10.5. The zero-order valence-corrected chi connectivity index (χ0v) is 8.50. The van der Waals surface area contributed by atoms with Crippen molar-refractivity contribution in [2.24, 2.45) is 0 Å². The first-order valence-electron chi connectivity index (χ1n) is 4.33. The number of rotatable bonds is 6. The van der Waals surface area contributed by atoms with E-state index in [4.69, 9.17) is 0 Å². The second-order valence-corrected chi connectivity index (χ2v) is 4.17. The molecule has 0 fully saturated rings. The van der Waals surface area contributed by atoms with Gasteiger partial charge in [-0.15, -0.1) is 0 Å². The minimum atomic E-state index is -1.15. The molecule has 0 bridgehead atoms. The van der Waals surface area contributed by atoms with E-state index >= 15 is 0 Å². The minimum Gasteiger partial charge on any atom is -0.550 e. The fourth-order valence-corrected chi connectivity index (χ4v) is 0.827. The average Bonchev–Trinajstić information content (AvgIpc) is 1.95. The van der Waals surface area contributed by atoms with Crippen LogP contribution < -0.4 is 5.11 Å². The second-order valence-electron chi connectivity index (χ2n) is 4.17. The lowest BCUT2D eigenvalue weighted by atomic mass is 10.1. The molecule has 0 saturated carbocycles. The molecule has 0 rings (SSSR count). The van der Waals surface area contributed by atoms with E-state index in [0.29, 0.717) is 6.42 Å². The first kappa shape index (κ1) is 12.1. The van der Waals surface area contributed by atoms with Gasteiger partial charge in [-0.3, -0.25) is 4.79 Å². The molecule has 0 aliphatic rings. The fourth-order valence-electron chi connectivity index (χ4n) is 0.827. The van der Waals surface area contributed by atoms with Crippen molar-refractivity contribution < 1.29 is 19.2 Å². The molecule has 4 heteroatoms. The number of Topliss-reactive ketones (excluding diaryl/α,β-unsaturated/α-hetero) is 1. The van der Waals surface area contributed by atoms with E-state index in [1.807, 2.05) is 21.1 Å². The van der Waals surface area contributed by atoms with Crippen molar-refractivity contribution in [2.75, 3.05) is 27.7 Å². The summed E-state index contributed by atoms with van der Waals surface area (Å²) in [6.45, 7) is 0.742. The standard InChI is InChI=1S/C9H17NO3/c1-10(2,3)7-6-8(11)4-5-9(12)13/h4-7H2,1-3H3. The number of hydrogen-bond acceptors (Lipinski definition) is 3. The summed E-state index contributed by atoms with van der Waals surface area (Å²) in [5, 5.41) is 10.0. The molecule has 0 amide bonds. The molecule has 76 valence electrons. The van der Waals surface area contributed by atoms with Gasteiger partial charge in [0, 0.05) is 12.4 Å². The first-order chi connectivity index (χ1) is 5.81. The Balaban J connectivity index is 3.58. The normalized spacial score (nSPS) is 11.3. The summed E-state index contributed by atoms with van der Waals surface area (Å²) >= 11 is 0. The Bertz CT molecular complexity index is 194. The van der Waals surface area contributed by atoms with E-state index in [1.54, 1.807) is 0 Å². The Labute approximate surface area is 78.7 Å². The maximum Gasteiger partial charge on any atom is 0.138 e. The van der Waals surface area contributed by atoms with Crippen LogP contribution in [-0.4, -0.2) is 43.9 Å². The number of nitrogens with zero attached hydrogens (tertiary/aromatic N) is 1. The van der Waals surface area contributed by atoms with Gasteiger partial charge in [-0.2, -0.15) is 0 Å². The minimum absolute atomic E-state index is 0.00255. The molecule has 0 aromatic rings. The van der Waals surface area contributed by atoms with Crippen molar-refractivity contribution in [3.63, 3.8) is 0 Å². The molecular weight excluding hydrogens is 170 g/mol. The van der Waals surface area contributed by atoms with Crippen LogP contribution in [0.3, 0.4) is 0 Å². The van der Waals surface area contributed by atoms with Crippen molar-refractivity contribution in [3.8, 4) is 0 Å². The Morgan fingerprint density at radius 2 is 1.62 bits per heavy atom. The first-order valence-corrected chi connectivity index (χ1v) is 4.33. The van der Waals surface area contributed by atoms with Gasteiger partial charge in [0.1, 0.15) is 5.78 Å². The third-order valence-electron chi connectivity index (χ3n) is 1.67. The molecule has 0 aromatic heterocycles. The maximum absolute atomic E-state index is 11.1. The second kappa shape index (κ2) is 4.97. The van der Waals surface area contributed by atoms with Crippen molar-refractivity contribution in [1.82, 2.24) is 0 Å². The number of hydrogen-bond donors (Lipinski definition) is 0. The smallest absolute Gasteiger partial charge is 0.138 e. The van der Waals surface area contributed by atoms with Gasteiger partial charge in [-0.1, -0.05) is 0 Å². The Hall–Kier alpha value is -0.900. The van der Waals surface area contributed by atoms with E-state index in [-0.39, 0.29) is 18.6 Å². The number of quaternary nitrogens is 1. The van der Waals surface area contributed by atoms with Gasteiger partial charge in [0.25, 0.3) is 0 Å². The van der Waals surface area contributed by atoms with Crippen LogP contribution in [0.1, 0.15) is 19.3 Å². The molecule has 4 nitrogen and oxygen atoms in total. The van der Waals surface area contributed by atoms with E-state index in [9.17, 15) is 14.7 Å². The van der Waals surface area contributed by atoms with Crippen LogP contribution in [0.4, 0.5) is 0 Å². The van der Waals surface area contributed by atoms with Crippen LogP contribution in [0, 0.1) is 0 Å². The lowest BCUT2D eigenvalue weighted by Crippen LogP contribution is -2.36. The van der Waals surface area contributed by atoms with Crippen LogP contribution in [0.15, 0.2) is 0 Å². The number of carbonyl (C=O) groups excluding carboxylic acids is 2. The molecule has 0 heterocycles. The van der Waals surface area contributed by atoms with E-state index in [0.717, 1.165) is 11.0 Å². The van der Waals surface area contributed by atoms with Crippen LogP contribution in [-0.2, 0) is 9.59 Å². The fraction of sp³-hybridized carbons (Fsp3) is 0.778. The van der Waals surface area contributed by atoms with Gasteiger partial charge < -0.3 is 14.4 Å². The van der Waals surface area contributed by atoms with Gasteiger partial charge in [-0.25, -0.2) is 0 Å². The summed E-state index contributed by atoms with van der Waals surface area (Å²) in [7, 11) is 5.98. The SMILES string of the molecule is C[N+](C)(C)CCC(=O)CCC(=O)[O-]. The quantitative estimate of drug-likeness (QED) is 0.511. The molecule has 0 aliphatic heterocycles. The highest BCUT2D eigenvalue weighted by atomic mass is 16.4. The van der Waals surface area contributed by atoms with Crippen molar-refractivity contribution in [3.05, 3.63) is 0 Å². The van der Waals surface area contributed by atoms with E-state index in [1.165, 1.54) is 0 Å². The highest BCUT2D eigenvalue weighted by Crippen LogP contribution is 1.99. The summed E-state index contributed by atoms with van der Waals surface area (Å²) in [4.78, 5) is 21.1. The average molecular weight is 187 g/mol. The molecule has 0 aliphatic carbocycles. The molecule has 0 radical (unpaired) electrons. The molecule has 0 saturated heterocycles. The van der Waals surface area contributed by atoms with Crippen molar-refractivity contribution >= 4 is 11.8 Å². The molecule has 13 heavy (non-hydrogen) atoms. The summed E-state index contributed by atoms with van der Waals surface area (Å²) in [5.41, 5.74) is 0. The van der Waals surface area contributed by atoms with Gasteiger partial charge in [0.05, 0.1) is 34.1 Å². The number of carboxylic acids is 1. The number of carboxylic acid groups (broad SMARTS) is 1. The number of aliphatic carboxylic acids is 1. The van der Waals surface area contributed by atoms with Crippen molar-refractivity contribution in [1.29, 1.82) is 0 Å². The van der Waals surface area contributed by atoms with Crippen LogP contribution in [0.5, 0.6) is 0 Å². The van der Waals surface area contributed by atoms with Gasteiger partial charge in [-0.05, 0) is 6.42 Å². The topological polar surface area (TPSA) is 57.2 Å². The molecular formula is C9H17NO3. The highest BCUT2D eigenvalue weighted by Gasteiger charge is 2.10. The molecule has 0 atom stereocenters. The van der Waals surface area contributed by atoms with Gasteiger partial charge in [0.2, 0.25) is 0 Å². The Kier molecular flexibility index (Phi) is 4.62. The zero-order valence-electron chi connectivity index (χ0n) is 8.50. The predicted molar refractivity (Wildman–Crippen MR) is 46.8 cm³/mol. The summed E-state index contributed by atoms with van der Waals surface area (Å²) in [6, 6.07) is 0.